The van der Waals surface area contributed by atoms with Crippen molar-refractivity contribution in [1.29, 1.82) is 0 Å². The molecule has 1 aromatic heterocycles. The van der Waals surface area contributed by atoms with E-state index in [0.29, 0.717) is 17.9 Å². The number of carboxylic acids is 1. The van der Waals surface area contributed by atoms with Crippen LogP contribution in [0.3, 0.4) is 0 Å². The highest BCUT2D eigenvalue weighted by Gasteiger charge is 2.50. The highest BCUT2D eigenvalue weighted by atomic mass is 35.5. The summed E-state index contributed by atoms with van der Waals surface area (Å²) in [5.41, 5.74) is 0.148. The minimum absolute atomic E-state index is 0.152. The van der Waals surface area contributed by atoms with Crippen LogP contribution in [-0.2, 0) is 16.1 Å². The van der Waals surface area contributed by atoms with Crippen LogP contribution in [0.25, 0.3) is 10.9 Å². The van der Waals surface area contributed by atoms with E-state index in [1.54, 1.807) is 10.6 Å². The van der Waals surface area contributed by atoms with Crippen molar-refractivity contribution in [3.63, 3.8) is 0 Å². The molecule has 0 bridgehead atoms. The Labute approximate surface area is 126 Å². The number of benzene rings is 1. The lowest BCUT2D eigenvalue weighted by Crippen LogP contribution is -2.35. The summed E-state index contributed by atoms with van der Waals surface area (Å²) in [6, 6.07) is 7.43. The molecular weight excluding hydrogens is 292 g/mol. The molecule has 1 aromatic carbocycles. The van der Waals surface area contributed by atoms with Gasteiger partial charge in [0.2, 0.25) is 5.91 Å². The Balaban J connectivity index is 1.66. The molecule has 1 saturated carbocycles. The van der Waals surface area contributed by atoms with Gasteiger partial charge in [0.15, 0.2) is 0 Å². The van der Waals surface area contributed by atoms with E-state index in [-0.39, 0.29) is 19.0 Å². The molecule has 0 unspecified atom stereocenters. The van der Waals surface area contributed by atoms with Crippen LogP contribution in [0.1, 0.15) is 12.8 Å². The van der Waals surface area contributed by atoms with Gasteiger partial charge in [0.05, 0.1) is 5.41 Å². The fourth-order valence-corrected chi connectivity index (χ4v) is 2.56. The molecule has 1 aliphatic carbocycles. The van der Waals surface area contributed by atoms with Gasteiger partial charge in [-0.1, -0.05) is 17.7 Å². The Kier molecular flexibility index (Phi) is 3.37. The van der Waals surface area contributed by atoms with Gasteiger partial charge < -0.3 is 15.0 Å². The zero-order valence-corrected chi connectivity index (χ0v) is 12.1. The monoisotopic (exact) mass is 306 g/mol. The smallest absolute Gasteiger partial charge is 0.311 e. The van der Waals surface area contributed by atoms with Crippen molar-refractivity contribution in [3.8, 4) is 0 Å². The number of aliphatic carboxylic acids is 1. The lowest BCUT2D eigenvalue weighted by molar-refractivity contribution is -0.143. The zero-order valence-electron chi connectivity index (χ0n) is 11.3. The van der Waals surface area contributed by atoms with Gasteiger partial charge in [-0.05, 0) is 36.4 Å². The van der Waals surface area contributed by atoms with Crippen LogP contribution < -0.4 is 5.32 Å². The van der Waals surface area contributed by atoms with Gasteiger partial charge in [-0.2, -0.15) is 0 Å². The Morgan fingerprint density at radius 1 is 1.33 bits per heavy atom. The first-order valence-electron chi connectivity index (χ1n) is 6.75. The second-order valence-electron chi connectivity index (χ2n) is 5.51. The van der Waals surface area contributed by atoms with Crippen LogP contribution in [0.5, 0.6) is 0 Å². The number of nitrogens with zero attached hydrogens (tertiary/aromatic N) is 1. The number of halogens is 1. The molecule has 2 aromatic rings. The van der Waals surface area contributed by atoms with Crippen LogP contribution in [0, 0.1) is 5.41 Å². The molecule has 1 heterocycles. The number of carboxylic acid groups (broad SMARTS) is 1. The summed E-state index contributed by atoms with van der Waals surface area (Å²) >= 11 is 5.97. The molecule has 0 atom stereocenters. The molecule has 0 aliphatic heterocycles. The number of rotatable bonds is 5. The average Bonchev–Trinajstić information content (AvgIpc) is 3.15. The Bertz CT molecular complexity index is 719. The minimum Gasteiger partial charge on any atom is -0.481 e. The first kappa shape index (κ1) is 13.9. The lowest BCUT2D eigenvalue weighted by atomic mass is 10.1. The molecule has 2 N–H and O–H groups in total. The summed E-state index contributed by atoms with van der Waals surface area (Å²) in [7, 11) is 0. The molecule has 110 valence electrons. The van der Waals surface area contributed by atoms with Crippen molar-refractivity contribution < 1.29 is 14.7 Å². The van der Waals surface area contributed by atoms with E-state index >= 15 is 0 Å². The van der Waals surface area contributed by atoms with Gasteiger partial charge in [-0.3, -0.25) is 9.59 Å². The molecule has 5 nitrogen and oxygen atoms in total. The van der Waals surface area contributed by atoms with E-state index in [1.165, 1.54) is 0 Å². The fourth-order valence-electron chi connectivity index (χ4n) is 2.39. The van der Waals surface area contributed by atoms with Crippen molar-refractivity contribution in [2.75, 3.05) is 6.54 Å². The summed E-state index contributed by atoms with van der Waals surface area (Å²) < 4.78 is 1.80. The normalized spacial score (nSPS) is 15.9. The molecule has 1 fully saturated rings. The maximum Gasteiger partial charge on any atom is 0.311 e. The maximum absolute atomic E-state index is 12.0. The van der Waals surface area contributed by atoms with Crippen molar-refractivity contribution in [3.05, 3.63) is 35.5 Å². The number of nitrogens with one attached hydrogen (secondary N) is 1. The fraction of sp³-hybridized carbons (Fsp3) is 0.333. The van der Waals surface area contributed by atoms with E-state index in [4.69, 9.17) is 16.7 Å². The molecule has 0 saturated heterocycles. The molecule has 1 amide bonds. The molecule has 1 aliphatic rings. The van der Waals surface area contributed by atoms with Crippen molar-refractivity contribution in [2.24, 2.45) is 5.41 Å². The van der Waals surface area contributed by atoms with Crippen LogP contribution in [-0.4, -0.2) is 28.1 Å². The van der Waals surface area contributed by atoms with Crippen LogP contribution >= 0.6 is 11.6 Å². The molecule has 21 heavy (non-hydrogen) atoms. The molecule has 6 heteroatoms. The Morgan fingerprint density at radius 3 is 2.76 bits per heavy atom. The maximum atomic E-state index is 12.0. The van der Waals surface area contributed by atoms with Gasteiger partial charge in [0.1, 0.15) is 6.54 Å². The number of hydrogen-bond donors (Lipinski definition) is 2. The van der Waals surface area contributed by atoms with E-state index in [0.717, 1.165) is 10.9 Å². The Morgan fingerprint density at radius 2 is 2.10 bits per heavy atom. The third-order valence-electron chi connectivity index (χ3n) is 3.98. The third-order valence-corrected chi connectivity index (χ3v) is 4.22. The van der Waals surface area contributed by atoms with Gasteiger partial charge in [0.25, 0.3) is 0 Å². The predicted octanol–water partition coefficient (Wildman–Crippen LogP) is 2.28. The van der Waals surface area contributed by atoms with Crippen LogP contribution in [0.15, 0.2) is 30.5 Å². The SMILES string of the molecule is O=C(Cn1ccc2ccc(Cl)cc21)NCC1(C(=O)O)CC1. The third kappa shape index (κ3) is 2.74. The first-order chi connectivity index (χ1) is 10.00. The Hall–Kier alpha value is -2.01. The van der Waals surface area contributed by atoms with Crippen molar-refractivity contribution in [2.45, 2.75) is 19.4 Å². The first-order valence-corrected chi connectivity index (χ1v) is 7.12. The minimum atomic E-state index is -0.832. The van der Waals surface area contributed by atoms with Crippen molar-refractivity contribution >= 4 is 34.4 Å². The second kappa shape index (κ2) is 5.07. The molecule has 0 spiro atoms. The number of carbonyl (C=O) groups excluding carboxylic acids is 1. The van der Waals surface area contributed by atoms with E-state index in [2.05, 4.69) is 5.32 Å². The number of carbonyl (C=O) groups is 2. The summed E-state index contributed by atoms with van der Waals surface area (Å²) in [5, 5.41) is 13.4. The summed E-state index contributed by atoms with van der Waals surface area (Å²) in [4.78, 5) is 23.0. The van der Waals surface area contributed by atoms with E-state index in [1.807, 2.05) is 24.4 Å². The highest BCUT2D eigenvalue weighted by molar-refractivity contribution is 6.31. The van der Waals surface area contributed by atoms with Crippen molar-refractivity contribution in [1.82, 2.24) is 9.88 Å². The molecule has 3 rings (SSSR count). The van der Waals surface area contributed by atoms with Crippen LogP contribution in [0.2, 0.25) is 5.02 Å². The van der Waals surface area contributed by atoms with E-state index < -0.39 is 11.4 Å². The second-order valence-corrected chi connectivity index (χ2v) is 5.95. The lowest BCUT2D eigenvalue weighted by Gasteiger charge is -2.12. The molecule has 0 radical (unpaired) electrons. The summed E-state index contributed by atoms with van der Waals surface area (Å²) in [6.45, 7) is 0.348. The van der Waals surface area contributed by atoms with E-state index in [9.17, 15) is 9.59 Å². The quantitative estimate of drug-likeness (QED) is 0.890. The molecular formula is C15H15ClN2O3. The summed E-state index contributed by atoms with van der Waals surface area (Å²) in [6.07, 6.45) is 3.08. The largest absolute Gasteiger partial charge is 0.481 e. The predicted molar refractivity (Wildman–Crippen MR) is 79.3 cm³/mol. The van der Waals surface area contributed by atoms with Gasteiger partial charge in [-0.15, -0.1) is 0 Å². The van der Waals surface area contributed by atoms with Gasteiger partial charge in [-0.25, -0.2) is 0 Å². The zero-order chi connectivity index (χ0) is 15.0. The number of hydrogen-bond acceptors (Lipinski definition) is 2. The van der Waals surface area contributed by atoms with Gasteiger partial charge >= 0.3 is 5.97 Å². The highest BCUT2D eigenvalue weighted by Crippen LogP contribution is 2.45. The average molecular weight is 307 g/mol. The number of fused-ring (bicyclic) bond motifs is 1. The topological polar surface area (TPSA) is 71.3 Å². The standard InChI is InChI=1S/C15H15ClN2O3/c16-11-2-1-10-3-6-18(12(10)7-11)8-13(19)17-9-15(4-5-15)14(20)21/h1-3,6-7H,4-5,8-9H2,(H,17,19)(H,20,21). The number of amides is 1. The summed E-state index contributed by atoms with van der Waals surface area (Å²) in [5.74, 6) is -1.03. The van der Waals surface area contributed by atoms with Gasteiger partial charge in [0, 0.05) is 23.3 Å². The number of aromatic nitrogens is 1. The van der Waals surface area contributed by atoms with Crippen LogP contribution in [0.4, 0.5) is 0 Å².